The Kier molecular flexibility index (Phi) is 2.81. The number of benzene rings is 1. The summed E-state index contributed by atoms with van der Waals surface area (Å²) in [6, 6.07) is 10.5. The monoisotopic (exact) mass is 256 g/mol. The summed E-state index contributed by atoms with van der Waals surface area (Å²) in [5.74, 6) is -0.608. The molecule has 0 aliphatic rings. The third-order valence-corrected chi connectivity index (χ3v) is 2.95. The first-order valence-corrected chi connectivity index (χ1v) is 5.75. The highest BCUT2D eigenvalue weighted by atomic mass is 19.1. The van der Waals surface area contributed by atoms with E-state index in [0.29, 0.717) is 11.4 Å². The summed E-state index contributed by atoms with van der Waals surface area (Å²) in [7, 11) is -1.77. The topological polar surface area (TPSA) is 69.1 Å². The van der Waals surface area contributed by atoms with Crippen LogP contribution < -0.4 is 5.46 Å². The van der Waals surface area contributed by atoms with Gasteiger partial charge in [-0.2, -0.15) is 0 Å². The molecule has 2 aromatic heterocycles. The molecule has 6 heteroatoms. The van der Waals surface area contributed by atoms with Crippen LogP contribution in [0.25, 0.3) is 22.3 Å². The third kappa shape index (κ3) is 2.11. The maximum atomic E-state index is 13.1. The molecule has 0 amide bonds. The quantitative estimate of drug-likeness (QED) is 0.600. The average Bonchev–Trinajstić information content (AvgIpc) is 2.82. The minimum Gasteiger partial charge on any atom is -0.423 e. The molecule has 4 nitrogen and oxygen atoms in total. The molecule has 0 saturated carbocycles. The van der Waals surface area contributed by atoms with E-state index in [9.17, 15) is 14.4 Å². The second-order valence-electron chi connectivity index (χ2n) is 4.24. The number of rotatable bonds is 2. The maximum Gasteiger partial charge on any atom is 0.490 e. The first kappa shape index (κ1) is 11.9. The van der Waals surface area contributed by atoms with E-state index in [4.69, 9.17) is 0 Å². The normalized spacial score (nSPS) is 10.9. The van der Waals surface area contributed by atoms with E-state index in [-0.39, 0.29) is 5.46 Å². The fraction of sp³-hybridized carbons (Fsp3) is 0. The van der Waals surface area contributed by atoms with Crippen LogP contribution in [-0.2, 0) is 0 Å². The molecule has 1 aromatic carbocycles. The van der Waals surface area contributed by atoms with Crippen molar-refractivity contribution >= 4 is 23.5 Å². The average molecular weight is 256 g/mol. The van der Waals surface area contributed by atoms with Crippen molar-refractivity contribution in [3.8, 4) is 11.4 Å². The summed E-state index contributed by atoms with van der Waals surface area (Å²) in [5, 5.41) is 19.6. The first-order valence-electron chi connectivity index (χ1n) is 5.75. The third-order valence-electron chi connectivity index (χ3n) is 2.95. The molecule has 0 saturated heterocycles. The molecular weight excluding hydrogens is 246 g/mol. The summed E-state index contributed by atoms with van der Waals surface area (Å²) >= 11 is 0. The number of aromatic nitrogens is 2. The zero-order valence-corrected chi connectivity index (χ0v) is 9.84. The Morgan fingerprint density at radius 2 is 1.95 bits per heavy atom. The van der Waals surface area contributed by atoms with Crippen LogP contribution in [0.3, 0.4) is 0 Å². The highest BCUT2D eigenvalue weighted by Gasteiger charge is 2.20. The van der Waals surface area contributed by atoms with Crippen molar-refractivity contribution in [2.24, 2.45) is 0 Å². The lowest BCUT2D eigenvalue weighted by Crippen LogP contribution is -2.32. The number of H-pyrrole nitrogens is 1. The van der Waals surface area contributed by atoms with Crippen LogP contribution >= 0.6 is 0 Å². The van der Waals surface area contributed by atoms with Crippen molar-refractivity contribution in [3.63, 3.8) is 0 Å². The molecule has 0 spiro atoms. The molecule has 0 radical (unpaired) electrons. The molecule has 3 aromatic rings. The molecule has 3 N–H and O–H groups in total. The predicted octanol–water partition coefficient (Wildman–Crippen LogP) is 1.05. The van der Waals surface area contributed by atoms with Crippen molar-refractivity contribution in [2.45, 2.75) is 0 Å². The SMILES string of the molecule is OB(O)c1cc(F)cnc1-c1cc2ccccc2[nH]1. The summed E-state index contributed by atoms with van der Waals surface area (Å²) in [5.41, 5.74) is 1.88. The van der Waals surface area contributed by atoms with E-state index in [1.165, 1.54) is 0 Å². The lowest BCUT2D eigenvalue weighted by molar-refractivity contribution is 0.425. The van der Waals surface area contributed by atoms with Crippen molar-refractivity contribution in [3.05, 3.63) is 48.4 Å². The molecular formula is C13H10BFN2O2. The van der Waals surface area contributed by atoms with Gasteiger partial charge in [-0.25, -0.2) is 4.39 Å². The molecule has 0 unspecified atom stereocenters. The minimum atomic E-state index is -1.77. The van der Waals surface area contributed by atoms with Gasteiger partial charge in [-0.15, -0.1) is 0 Å². The van der Waals surface area contributed by atoms with Crippen molar-refractivity contribution < 1.29 is 14.4 Å². The first-order chi connectivity index (χ1) is 9.15. The Morgan fingerprint density at radius 1 is 1.16 bits per heavy atom. The standard InChI is InChI=1S/C13H10BFN2O2/c15-9-6-10(14(18)19)13(16-7-9)12-5-8-3-1-2-4-11(8)17-12/h1-7,17-19H. The zero-order chi connectivity index (χ0) is 13.4. The van der Waals surface area contributed by atoms with E-state index < -0.39 is 12.9 Å². The summed E-state index contributed by atoms with van der Waals surface area (Å²) < 4.78 is 13.1. The van der Waals surface area contributed by atoms with E-state index in [1.54, 1.807) is 0 Å². The minimum absolute atomic E-state index is 0.0338. The van der Waals surface area contributed by atoms with Crippen molar-refractivity contribution in [1.29, 1.82) is 0 Å². The Morgan fingerprint density at radius 3 is 2.68 bits per heavy atom. The molecule has 2 heterocycles. The van der Waals surface area contributed by atoms with Gasteiger partial charge < -0.3 is 15.0 Å². The second kappa shape index (κ2) is 4.49. The van der Waals surface area contributed by atoms with Crippen molar-refractivity contribution in [2.75, 3.05) is 0 Å². The van der Waals surface area contributed by atoms with Gasteiger partial charge in [0.25, 0.3) is 0 Å². The number of halogens is 1. The van der Waals surface area contributed by atoms with Crippen LogP contribution in [0.15, 0.2) is 42.6 Å². The van der Waals surface area contributed by atoms with Crippen molar-refractivity contribution in [1.82, 2.24) is 9.97 Å². The van der Waals surface area contributed by atoms with Gasteiger partial charge in [-0.3, -0.25) is 4.98 Å². The van der Waals surface area contributed by atoms with E-state index in [0.717, 1.165) is 23.2 Å². The largest absolute Gasteiger partial charge is 0.490 e. The number of hydrogen-bond donors (Lipinski definition) is 3. The Labute approximate surface area is 108 Å². The second-order valence-corrected chi connectivity index (χ2v) is 4.24. The fourth-order valence-corrected chi connectivity index (χ4v) is 2.08. The van der Waals surface area contributed by atoms with Gasteiger partial charge in [0.1, 0.15) is 5.82 Å². The van der Waals surface area contributed by atoms with Crippen LogP contribution in [0.5, 0.6) is 0 Å². The lowest BCUT2D eigenvalue weighted by atomic mass is 9.78. The van der Waals surface area contributed by atoms with Gasteiger partial charge in [0.2, 0.25) is 0 Å². The van der Waals surface area contributed by atoms with Gasteiger partial charge in [0, 0.05) is 16.4 Å². The van der Waals surface area contributed by atoms with Crippen LogP contribution in [0.2, 0.25) is 0 Å². The molecule has 0 aliphatic carbocycles. The number of pyridine rings is 1. The lowest BCUT2D eigenvalue weighted by Gasteiger charge is -2.06. The van der Waals surface area contributed by atoms with Gasteiger partial charge in [0.05, 0.1) is 17.6 Å². The highest BCUT2D eigenvalue weighted by Crippen LogP contribution is 2.21. The number of nitrogens with zero attached hydrogens (tertiary/aromatic N) is 1. The Balaban J connectivity index is 2.20. The van der Waals surface area contributed by atoms with E-state index >= 15 is 0 Å². The van der Waals surface area contributed by atoms with Gasteiger partial charge in [-0.1, -0.05) is 18.2 Å². The van der Waals surface area contributed by atoms with Crippen LogP contribution in [0.4, 0.5) is 4.39 Å². The number of nitrogens with one attached hydrogen (secondary N) is 1. The van der Waals surface area contributed by atoms with Gasteiger partial charge in [-0.05, 0) is 18.2 Å². The Bertz CT molecular complexity index is 709. The predicted molar refractivity (Wildman–Crippen MR) is 71.3 cm³/mol. The molecule has 0 atom stereocenters. The van der Waals surface area contributed by atoms with E-state index in [1.807, 2.05) is 30.3 Å². The summed E-state index contributed by atoms with van der Waals surface area (Å²) in [6.45, 7) is 0. The van der Waals surface area contributed by atoms with Gasteiger partial charge in [0.15, 0.2) is 0 Å². The smallest absolute Gasteiger partial charge is 0.423 e. The molecule has 94 valence electrons. The van der Waals surface area contributed by atoms with Crippen LogP contribution in [0.1, 0.15) is 0 Å². The Hall–Kier alpha value is -2.18. The van der Waals surface area contributed by atoms with Crippen LogP contribution in [0, 0.1) is 5.82 Å². The summed E-state index contributed by atoms with van der Waals surface area (Å²) in [6.07, 6.45) is 1.05. The number of hydrogen-bond acceptors (Lipinski definition) is 3. The molecule has 0 bridgehead atoms. The highest BCUT2D eigenvalue weighted by molar-refractivity contribution is 6.60. The van der Waals surface area contributed by atoms with E-state index in [2.05, 4.69) is 9.97 Å². The molecule has 0 aliphatic heterocycles. The molecule has 19 heavy (non-hydrogen) atoms. The summed E-state index contributed by atoms with van der Waals surface area (Å²) in [4.78, 5) is 7.06. The zero-order valence-electron chi connectivity index (χ0n) is 9.84. The van der Waals surface area contributed by atoms with Crippen LogP contribution in [-0.4, -0.2) is 27.1 Å². The number of para-hydroxylation sites is 1. The molecule has 3 rings (SSSR count). The fourth-order valence-electron chi connectivity index (χ4n) is 2.08. The van der Waals surface area contributed by atoms with Gasteiger partial charge >= 0.3 is 7.12 Å². The molecule has 0 fully saturated rings. The number of fused-ring (bicyclic) bond motifs is 1. The number of aromatic amines is 1. The maximum absolute atomic E-state index is 13.1.